The van der Waals surface area contributed by atoms with Gasteiger partial charge in [0.1, 0.15) is 5.75 Å². The van der Waals surface area contributed by atoms with Crippen molar-refractivity contribution in [3.05, 3.63) is 29.6 Å². The molecule has 31 heavy (non-hydrogen) atoms. The molecule has 6 nitrogen and oxygen atoms in total. The first kappa shape index (κ1) is 20.5. The van der Waals surface area contributed by atoms with Gasteiger partial charge >= 0.3 is 0 Å². The van der Waals surface area contributed by atoms with Gasteiger partial charge in [0.25, 0.3) is 0 Å². The smallest absolute Gasteiger partial charge is 0.227 e. The Kier molecular flexibility index (Phi) is 5.46. The molecule has 164 valence electrons. The molecular formula is C24H29N3O3S. The summed E-state index contributed by atoms with van der Waals surface area (Å²) in [7, 11) is 1.63. The first-order valence-electron chi connectivity index (χ1n) is 11.2. The maximum absolute atomic E-state index is 13.0. The Balaban J connectivity index is 1.13. The molecule has 7 heteroatoms. The van der Waals surface area contributed by atoms with E-state index in [1.54, 1.807) is 7.11 Å². The number of aromatic nitrogens is 1. The Morgan fingerprint density at radius 3 is 2.48 bits per heavy atom. The van der Waals surface area contributed by atoms with Gasteiger partial charge in [-0.05, 0) is 68.4 Å². The van der Waals surface area contributed by atoms with E-state index in [9.17, 15) is 9.59 Å². The highest BCUT2D eigenvalue weighted by molar-refractivity contribution is 7.14. The van der Waals surface area contributed by atoms with E-state index in [1.807, 2.05) is 29.6 Å². The van der Waals surface area contributed by atoms with E-state index in [0.717, 1.165) is 54.0 Å². The van der Waals surface area contributed by atoms with E-state index in [4.69, 9.17) is 4.74 Å². The van der Waals surface area contributed by atoms with Crippen LogP contribution >= 0.6 is 11.3 Å². The van der Waals surface area contributed by atoms with Gasteiger partial charge in [0.05, 0.1) is 12.8 Å². The summed E-state index contributed by atoms with van der Waals surface area (Å²) >= 11 is 1.38. The third-order valence-electron chi connectivity index (χ3n) is 7.29. The highest BCUT2D eigenvalue weighted by Crippen LogP contribution is 2.60. The van der Waals surface area contributed by atoms with Gasteiger partial charge in [-0.2, -0.15) is 0 Å². The molecule has 0 saturated heterocycles. The fourth-order valence-electron chi connectivity index (χ4n) is 6.36. The highest BCUT2D eigenvalue weighted by atomic mass is 32.1. The van der Waals surface area contributed by atoms with Gasteiger partial charge in [-0.1, -0.05) is 12.1 Å². The molecule has 0 atom stereocenters. The Morgan fingerprint density at radius 1 is 1.13 bits per heavy atom. The summed E-state index contributed by atoms with van der Waals surface area (Å²) in [5.74, 6) is 3.00. The first-order chi connectivity index (χ1) is 15.0. The molecule has 6 rings (SSSR count). The van der Waals surface area contributed by atoms with Gasteiger partial charge in [0.15, 0.2) is 5.13 Å². The van der Waals surface area contributed by atoms with Crippen molar-refractivity contribution in [3.63, 3.8) is 0 Å². The van der Waals surface area contributed by atoms with Crippen LogP contribution in [0.25, 0.3) is 11.3 Å². The van der Waals surface area contributed by atoms with E-state index in [-0.39, 0.29) is 23.7 Å². The van der Waals surface area contributed by atoms with E-state index < -0.39 is 0 Å². The largest absolute Gasteiger partial charge is 0.496 e. The average molecular weight is 440 g/mol. The van der Waals surface area contributed by atoms with Crippen molar-refractivity contribution < 1.29 is 14.3 Å². The van der Waals surface area contributed by atoms with Crippen molar-refractivity contribution in [1.82, 2.24) is 10.3 Å². The Labute approximate surface area is 186 Å². The molecule has 0 aliphatic heterocycles. The van der Waals surface area contributed by atoms with Crippen molar-refractivity contribution in [2.24, 2.45) is 23.2 Å². The minimum Gasteiger partial charge on any atom is -0.496 e. The molecule has 2 aromatic rings. The predicted molar refractivity (Wildman–Crippen MR) is 121 cm³/mol. The molecule has 4 aliphatic carbocycles. The molecule has 1 heterocycles. The molecule has 0 radical (unpaired) electrons. The Morgan fingerprint density at radius 2 is 1.81 bits per heavy atom. The van der Waals surface area contributed by atoms with Crippen LogP contribution in [0.4, 0.5) is 5.13 Å². The van der Waals surface area contributed by atoms with Crippen molar-refractivity contribution in [3.8, 4) is 17.0 Å². The number of carbonyl (C=O) groups is 2. The number of para-hydroxylation sites is 1. The monoisotopic (exact) mass is 439 g/mol. The van der Waals surface area contributed by atoms with Crippen LogP contribution in [0.3, 0.4) is 0 Å². The van der Waals surface area contributed by atoms with Crippen LogP contribution in [0.2, 0.25) is 0 Å². The van der Waals surface area contributed by atoms with E-state index in [1.165, 1.54) is 30.6 Å². The number of benzene rings is 1. The molecule has 1 aromatic carbocycles. The maximum atomic E-state index is 13.0. The molecule has 0 unspecified atom stereocenters. The van der Waals surface area contributed by atoms with Crippen molar-refractivity contribution >= 4 is 28.3 Å². The van der Waals surface area contributed by atoms with Crippen LogP contribution in [0, 0.1) is 23.2 Å². The van der Waals surface area contributed by atoms with E-state index >= 15 is 0 Å². The van der Waals surface area contributed by atoms with Crippen molar-refractivity contribution in [1.29, 1.82) is 0 Å². The number of hydrogen-bond donors (Lipinski definition) is 2. The summed E-state index contributed by atoms with van der Waals surface area (Å²) in [6.07, 6.45) is 7.34. The van der Waals surface area contributed by atoms with Gasteiger partial charge in [-0.3, -0.25) is 9.59 Å². The second-order valence-electron chi connectivity index (χ2n) is 9.49. The minimum absolute atomic E-state index is 0.133. The summed E-state index contributed by atoms with van der Waals surface area (Å²) in [4.78, 5) is 29.9. The fourth-order valence-corrected chi connectivity index (χ4v) is 7.09. The number of hydrogen-bond acceptors (Lipinski definition) is 5. The van der Waals surface area contributed by atoms with Gasteiger partial charge in [0.2, 0.25) is 11.8 Å². The standard InChI is InChI=1S/C24H29N3O3S/c1-30-20-5-3-2-4-18(20)19-14-31-23(26-19)27-21(28)6-7-25-22(29)24-11-15-8-16(12-24)10-17(9-15)13-24/h2-5,14-17H,6-13H2,1H3,(H,25,29)(H,26,27,28). The summed E-state index contributed by atoms with van der Waals surface area (Å²) in [6.45, 7) is 0.372. The van der Waals surface area contributed by atoms with Crippen molar-refractivity contribution in [2.45, 2.75) is 44.9 Å². The number of carbonyl (C=O) groups excluding carboxylic acids is 2. The van der Waals surface area contributed by atoms with Gasteiger partial charge in [-0.15, -0.1) is 11.3 Å². The number of methoxy groups -OCH3 is 1. The molecule has 2 amide bonds. The summed E-state index contributed by atoms with van der Waals surface area (Å²) in [5.41, 5.74) is 1.50. The zero-order chi connectivity index (χ0) is 21.4. The molecule has 4 fully saturated rings. The summed E-state index contributed by atoms with van der Waals surface area (Å²) in [6, 6.07) is 7.68. The third-order valence-corrected chi connectivity index (χ3v) is 8.05. The Hall–Kier alpha value is -2.41. The second-order valence-corrected chi connectivity index (χ2v) is 10.3. The molecule has 4 aliphatic rings. The number of nitrogens with zero attached hydrogens (tertiary/aromatic N) is 1. The maximum Gasteiger partial charge on any atom is 0.227 e. The van der Waals surface area contributed by atoms with Gasteiger partial charge in [-0.25, -0.2) is 4.98 Å². The van der Waals surface area contributed by atoms with Crippen molar-refractivity contribution in [2.75, 3.05) is 19.0 Å². The number of amides is 2. The van der Waals surface area contributed by atoms with Gasteiger partial charge in [0, 0.05) is 29.3 Å². The number of nitrogens with one attached hydrogen (secondary N) is 2. The van der Waals surface area contributed by atoms with E-state index in [2.05, 4.69) is 15.6 Å². The predicted octanol–water partition coefficient (Wildman–Crippen LogP) is 4.48. The Bertz CT molecular complexity index is 951. The SMILES string of the molecule is COc1ccccc1-c1csc(NC(=O)CCNC(=O)C23CC4CC(CC(C4)C2)C3)n1. The van der Waals surface area contributed by atoms with Crippen LogP contribution in [0.1, 0.15) is 44.9 Å². The summed E-state index contributed by atoms with van der Waals surface area (Å²) < 4.78 is 5.39. The lowest BCUT2D eigenvalue weighted by atomic mass is 9.49. The number of ether oxygens (including phenoxy) is 1. The average Bonchev–Trinajstić information content (AvgIpc) is 3.20. The molecule has 0 spiro atoms. The zero-order valence-corrected chi connectivity index (χ0v) is 18.7. The quantitative estimate of drug-likeness (QED) is 0.667. The molecule has 2 N–H and O–H groups in total. The van der Waals surface area contributed by atoms with Crippen LogP contribution < -0.4 is 15.4 Å². The van der Waals surface area contributed by atoms with Crippen LogP contribution in [-0.4, -0.2) is 30.5 Å². The number of anilines is 1. The lowest BCUT2D eigenvalue weighted by Crippen LogP contribution is -2.53. The van der Waals surface area contributed by atoms with Gasteiger partial charge < -0.3 is 15.4 Å². The fraction of sp³-hybridized carbons (Fsp3) is 0.542. The lowest BCUT2D eigenvalue weighted by molar-refractivity contribution is -0.146. The molecule has 4 saturated carbocycles. The highest BCUT2D eigenvalue weighted by Gasteiger charge is 2.54. The second kappa shape index (κ2) is 8.26. The molecule has 1 aromatic heterocycles. The summed E-state index contributed by atoms with van der Waals surface area (Å²) in [5, 5.41) is 8.38. The third kappa shape index (κ3) is 4.07. The zero-order valence-electron chi connectivity index (χ0n) is 17.9. The molecular weight excluding hydrogens is 410 g/mol. The molecule has 4 bridgehead atoms. The number of thiazole rings is 1. The minimum atomic E-state index is -0.163. The van der Waals surface area contributed by atoms with E-state index in [0.29, 0.717) is 11.7 Å². The van der Waals surface area contributed by atoms with Crippen LogP contribution in [-0.2, 0) is 9.59 Å². The normalized spacial score (nSPS) is 28.4. The van der Waals surface area contributed by atoms with Crippen LogP contribution in [0.15, 0.2) is 29.6 Å². The number of rotatable bonds is 7. The first-order valence-corrected chi connectivity index (χ1v) is 12.1. The topological polar surface area (TPSA) is 80.3 Å². The lowest BCUT2D eigenvalue weighted by Gasteiger charge is -2.55. The van der Waals surface area contributed by atoms with Crippen LogP contribution in [0.5, 0.6) is 5.75 Å².